The van der Waals surface area contributed by atoms with Crippen molar-refractivity contribution in [3.05, 3.63) is 64.0 Å². The summed E-state index contributed by atoms with van der Waals surface area (Å²) in [7, 11) is 1.66. The van der Waals surface area contributed by atoms with E-state index in [0.29, 0.717) is 12.5 Å². The first-order valence-electron chi connectivity index (χ1n) is 9.06. The molecule has 140 valence electrons. The van der Waals surface area contributed by atoms with Gasteiger partial charge in [-0.15, -0.1) is 11.3 Å². The van der Waals surface area contributed by atoms with Gasteiger partial charge in [-0.05, 0) is 36.6 Å². The number of hydrogen-bond acceptors (Lipinski definition) is 4. The predicted molar refractivity (Wildman–Crippen MR) is 115 cm³/mol. The van der Waals surface area contributed by atoms with Crippen LogP contribution >= 0.6 is 11.3 Å². The summed E-state index contributed by atoms with van der Waals surface area (Å²) >= 11 is 1.64. The van der Waals surface area contributed by atoms with E-state index in [9.17, 15) is 0 Å². The maximum absolute atomic E-state index is 5.88. The molecule has 0 saturated carbocycles. The highest BCUT2D eigenvalue weighted by Crippen LogP contribution is 2.30. The molecule has 0 bridgehead atoms. The van der Waals surface area contributed by atoms with E-state index in [1.54, 1.807) is 18.4 Å². The van der Waals surface area contributed by atoms with E-state index in [4.69, 9.17) is 14.5 Å². The van der Waals surface area contributed by atoms with Gasteiger partial charge in [-0.1, -0.05) is 55.8 Å². The zero-order valence-electron chi connectivity index (χ0n) is 16.2. The van der Waals surface area contributed by atoms with E-state index < -0.39 is 0 Å². The summed E-state index contributed by atoms with van der Waals surface area (Å²) in [5, 5.41) is 3.07. The number of benzene rings is 2. The molecule has 0 atom stereocenters. The van der Waals surface area contributed by atoms with Gasteiger partial charge in [0.25, 0.3) is 0 Å². The van der Waals surface area contributed by atoms with Crippen molar-refractivity contribution in [3.63, 3.8) is 0 Å². The van der Waals surface area contributed by atoms with E-state index in [-0.39, 0.29) is 0 Å². The lowest BCUT2D eigenvalue weighted by atomic mass is 10.1. The summed E-state index contributed by atoms with van der Waals surface area (Å²) in [5.41, 5.74) is 4.46. The lowest BCUT2D eigenvalue weighted by Gasteiger charge is -2.12. The van der Waals surface area contributed by atoms with Crippen LogP contribution in [0.25, 0.3) is 23.4 Å². The monoisotopic (exact) mass is 379 g/mol. The van der Waals surface area contributed by atoms with Gasteiger partial charge in [-0.2, -0.15) is 0 Å². The highest BCUT2D eigenvalue weighted by Gasteiger charge is 2.07. The number of aromatic nitrogens is 1. The van der Waals surface area contributed by atoms with Crippen molar-refractivity contribution in [2.45, 2.75) is 20.8 Å². The Bertz CT molecular complexity index is 910. The molecule has 3 rings (SSSR count). The maximum Gasteiger partial charge on any atom is 0.161 e. The minimum absolute atomic E-state index is 0.462. The molecule has 0 saturated heterocycles. The Morgan fingerprint density at radius 1 is 1.04 bits per heavy atom. The summed E-state index contributed by atoms with van der Waals surface area (Å²) in [6, 6.07) is 14.4. The van der Waals surface area contributed by atoms with Gasteiger partial charge in [-0.3, -0.25) is 0 Å². The van der Waals surface area contributed by atoms with Crippen molar-refractivity contribution in [2.24, 2.45) is 5.92 Å². The fraction of sp³-hybridized carbons (Fsp3) is 0.261. The maximum atomic E-state index is 5.88. The summed E-state index contributed by atoms with van der Waals surface area (Å²) in [5.74, 6) is 1.99. The third kappa shape index (κ3) is 5.20. The van der Waals surface area contributed by atoms with E-state index in [0.717, 1.165) is 33.3 Å². The molecule has 4 heteroatoms. The first kappa shape index (κ1) is 19.2. The minimum atomic E-state index is 0.462. The molecule has 1 heterocycles. The molecule has 3 aromatic rings. The van der Waals surface area contributed by atoms with Crippen molar-refractivity contribution in [3.8, 4) is 22.8 Å². The van der Waals surface area contributed by atoms with Crippen LogP contribution in [0.1, 0.15) is 30.0 Å². The fourth-order valence-corrected chi connectivity index (χ4v) is 3.27. The van der Waals surface area contributed by atoms with Crippen molar-refractivity contribution >= 4 is 23.5 Å². The summed E-state index contributed by atoms with van der Waals surface area (Å²) in [6.07, 6.45) is 4.09. The van der Waals surface area contributed by atoms with E-state index in [1.165, 1.54) is 5.56 Å². The second-order valence-electron chi connectivity index (χ2n) is 6.89. The van der Waals surface area contributed by atoms with Gasteiger partial charge in [0.15, 0.2) is 11.5 Å². The van der Waals surface area contributed by atoms with Crippen LogP contribution in [0.4, 0.5) is 0 Å². The first-order valence-corrected chi connectivity index (χ1v) is 9.94. The minimum Gasteiger partial charge on any atom is -0.493 e. The van der Waals surface area contributed by atoms with Crippen LogP contribution < -0.4 is 9.47 Å². The quantitative estimate of drug-likeness (QED) is 0.480. The SMILES string of the molecule is COc1ccc(/C=C/c2nc(-c3ccc(C)cc3)cs2)cc1OCC(C)C. The van der Waals surface area contributed by atoms with Gasteiger partial charge < -0.3 is 9.47 Å². The van der Waals surface area contributed by atoms with E-state index >= 15 is 0 Å². The van der Waals surface area contributed by atoms with Crippen LogP contribution in [-0.4, -0.2) is 18.7 Å². The third-order valence-corrected chi connectivity index (χ3v) is 4.86. The highest BCUT2D eigenvalue weighted by molar-refractivity contribution is 7.10. The molecule has 0 aliphatic carbocycles. The van der Waals surface area contributed by atoms with Crippen LogP contribution in [0, 0.1) is 12.8 Å². The molecule has 2 aromatic carbocycles. The van der Waals surface area contributed by atoms with E-state index in [2.05, 4.69) is 56.5 Å². The number of rotatable bonds is 7. The van der Waals surface area contributed by atoms with Gasteiger partial charge in [0.2, 0.25) is 0 Å². The van der Waals surface area contributed by atoms with Gasteiger partial charge >= 0.3 is 0 Å². The van der Waals surface area contributed by atoms with Crippen LogP contribution in [0.15, 0.2) is 47.8 Å². The molecule has 0 radical (unpaired) electrons. The molecule has 1 aromatic heterocycles. The first-order chi connectivity index (χ1) is 13.0. The zero-order chi connectivity index (χ0) is 19.2. The fourth-order valence-electron chi connectivity index (χ4n) is 2.55. The summed E-state index contributed by atoms with van der Waals surface area (Å²) < 4.78 is 11.3. The van der Waals surface area contributed by atoms with Crippen LogP contribution in [0.5, 0.6) is 11.5 Å². The van der Waals surface area contributed by atoms with Crippen molar-refractivity contribution in [2.75, 3.05) is 13.7 Å². The topological polar surface area (TPSA) is 31.4 Å². The van der Waals surface area contributed by atoms with Gasteiger partial charge in [-0.25, -0.2) is 4.98 Å². The standard InChI is InChI=1S/C23H25NO2S/c1-16(2)14-26-22-13-18(7-11-21(22)25-4)8-12-23-24-20(15-27-23)19-9-5-17(3)6-10-19/h5-13,15-16H,14H2,1-4H3/b12-8+. The average Bonchev–Trinajstić information content (AvgIpc) is 3.14. The molecule has 27 heavy (non-hydrogen) atoms. The highest BCUT2D eigenvalue weighted by atomic mass is 32.1. The van der Waals surface area contributed by atoms with Gasteiger partial charge in [0.05, 0.1) is 19.4 Å². The molecule has 0 N–H and O–H groups in total. The number of aryl methyl sites for hydroxylation is 1. The van der Waals surface area contributed by atoms with E-state index in [1.807, 2.05) is 24.3 Å². The Morgan fingerprint density at radius 3 is 2.52 bits per heavy atom. The largest absolute Gasteiger partial charge is 0.493 e. The predicted octanol–water partition coefficient (Wildman–Crippen LogP) is 6.33. The van der Waals surface area contributed by atoms with Crippen molar-refractivity contribution < 1.29 is 9.47 Å². The number of thiazole rings is 1. The summed E-state index contributed by atoms with van der Waals surface area (Å²) in [6.45, 7) is 7.01. The molecule has 0 aliphatic rings. The molecule has 0 aliphatic heterocycles. The molecule has 0 fully saturated rings. The normalized spacial score (nSPS) is 11.3. The Kier molecular flexibility index (Phi) is 6.30. The number of methoxy groups -OCH3 is 1. The number of ether oxygens (including phenoxy) is 2. The van der Waals surface area contributed by atoms with Crippen LogP contribution in [-0.2, 0) is 0 Å². The van der Waals surface area contributed by atoms with Crippen LogP contribution in [0.2, 0.25) is 0 Å². The Balaban J connectivity index is 1.75. The number of nitrogens with zero attached hydrogens (tertiary/aromatic N) is 1. The lowest BCUT2D eigenvalue weighted by molar-refractivity contribution is 0.257. The zero-order valence-corrected chi connectivity index (χ0v) is 17.0. The Labute approximate surface area is 165 Å². The molecule has 0 unspecified atom stereocenters. The third-order valence-electron chi connectivity index (χ3n) is 4.05. The van der Waals surface area contributed by atoms with Gasteiger partial charge in [0, 0.05) is 10.9 Å². The molecule has 0 spiro atoms. The second kappa shape index (κ2) is 8.87. The smallest absolute Gasteiger partial charge is 0.161 e. The molecule has 0 amide bonds. The average molecular weight is 380 g/mol. The Morgan fingerprint density at radius 2 is 1.81 bits per heavy atom. The molecular weight excluding hydrogens is 354 g/mol. The van der Waals surface area contributed by atoms with Crippen molar-refractivity contribution in [1.29, 1.82) is 0 Å². The van der Waals surface area contributed by atoms with Gasteiger partial charge in [0.1, 0.15) is 5.01 Å². The number of hydrogen-bond donors (Lipinski definition) is 0. The molecular formula is C23H25NO2S. The summed E-state index contributed by atoms with van der Waals surface area (Å²) in [4.78, 5) is 4.72. The van der Waals surface area contributed by atoms with Crippen LogP contribution in [0.3, 0.4) is 0 Å². The second-order valence-corrected chi connectivity index (χ2v) is 7.78. The lowest BCUT2D eigenvalue weighted by Crippen LogP contribution is -2.05. The Hall–Kier alpha value is -2.59. The van der Waals surface area contributed by atoms with Crippen molar-refractivity contribution in [1.82, 2.24) is 4.98 Å². The molecule has 3 nitrogen and oxygen atoms in total.